The van der Waals surface area contributed by atoms with Gasteiger partial charge in [-0.2, -0.15) is 0 Å². The molecule has 1 unspecified atom stereocenters. The average Bonchev–Trinajstić information content (AvgIpc) is 3.40. The summed E-state index contributed by atoms with van der Waals surface area (Å²) in [7, 11) is -6.04. The van der Waals surface area contributed by atoms with Crippen molar-refractivity contribution < 1.29 is 33.4 Å². The van der Waals surface area contributed by atoms with Gasteiger partial charge in [-0.1, -0.05) is 32.0 Å². The SMILES string of the molecule is CC(C)(C[C@@H]1[C@H](O[PH](=O)O)[C@@H](CO)O[C@H]1n1cnc2c(NC(=O)c3ccccc3)ncnc21)[Si](C)(C)O. The lowest BCUT2D eigenvalue weighted by Crippen LogP contribution is -2.42. The largest absolute Gasteiger partial charge is 0.432 e. The number of aromatic nitrogens is 4. The number of aliphatic hydroxyl groups excluding tert-OH is 1. The van der Waals surface area contributed by atoms with Crippen LogP contribution in [0.4, 0.5) is 5.82 Å². The van der Waals surface area contributed by atoms with Crippen molar-refractivity contribution in [3.8, 4) is 0 Å². The van der Waals surface area contributed by atoms with E-state index in [-0.39, 0.29) is 11.7 Å². The van der Waals surface area contributed by atoms with Crippen LogP contribution in [0.2, 0.25) is 18.1 Å². The highest BCUT2D eigenvalue weighted by Crippen LogP contribution is 2.51. The second-order valence-corrected chi connectivity index (χ2v) is 15.5. The maximum absolute atomic E-state index is 12.7. The van der Waals surface area contributed by atoms with Gasteiger partial charge >= 0.3 is 8.25 Å². The number of fused-ring (bicyclic) bond motifs is 1. The van der Waals surface area contributed by atoms with Gasteiger partial charge in [-0.15, -0.1) is 0 Å². The number of amides is 1. The van der Waals surface area contributed by atoms with Gasteiger partial charge in [0.2, 0.25) is 0 Å². The summed E-state index contributed by atoms with van der Waals surface area (Å²) in [5.41, 5.74) is 1.14. The van der Waals surface area contributed by atoms with E-state index in [0.29, 0.717) is 23.1 Å². The summed E-state index contributed by atoms with van der Waals surface area (Å²) >= 11 is 0. The molecule has 0 saturated carbocycles. The van der Waals surface area contributed by atoms with Crippen molar-refractivity contribution in [1.29, 1.82) is 0 Å². The molecule has 0 spiro atoms. The Kier molecular flexibility index (Phi) is 7.95. The van der Waals surface area contributed by atoms with Crippen LogP contribution in [0.3, 0.4) is 0 Å². The zero-order valence-electron chi connectivity index (χ0n) is 21.0. The summed E-state index contributed by atoms with van der Waals surface area (Å²) in [6, 6.07) is 8.68. The molecule has 4 N–H and O–H groups in total. The van der Waals surface area contributed by atoms with Gasteiger partial charge in [-0.3, -0.25) is 13.9 Å². The molecule has 0 radical (unpaired) electrons. The number of anilines is 1. The normalized spacial score (nSPS) is 23.3. The number of carbonyl (C=O) groups excluding carboxylic acids is 1. The lowest BCUT2D eigenvalue weighted by atomic mass is 9.89. The van der Waals surface area contributed by atoms with Crippen molar-refractivity contribution in [3.63, 3.8) is 0 Å². The molecule has 3 aromatic rings. The molecule has 1 aromatic carbocycles. The first-order valence-corrected chi connectivity index (χ1v) is 16.1. The smallest absolute Gasteiger partial charge is 0.316 e. The number of nitrogens with zero attached hydrogens (tertiary/aromatic N) is 4. The molecule has 1 aliphatic heterocycles. The monoisotopic (exact) mass is 549 g/mol. The number of imidazole rings is 1. The van der Waals surface area contributed by atoms with Crippen LogP contribution in [-0.2, 0) is 13.8 Å². The standard InChI is InChI=1S/C23H32N5O7PSi/c1-23(2,37(3,4)33)10-15-18(35-36(31)32)16(11-29)34-22(15)28-13-26-17-19(24-12-25-20(17)28)27-21(30)14-8-6-5-7-9-14/h5-9,12-13,15-16,18,22,29,33,36H,10-11H2,1-4H3,(H,31,32)(H,24,25,27,30)/t15-,16-,18+,22-/m1/s1. The van der Waals surface area contributed by atoms with E-state index in [0.717, 1.165) is 0 Å². The minimum atomic E-state index is -3.35. The first-order valence-electron chi connectivity index (χ1n) is 11.8. The number of rotatable bonds is 9. The Balaban J connectivity index is 1.72. The number of nitrogens with one attached hydrogen (secondary N) is 1. The van der Waals surface area contributed by atoms with Crippen LogP contribution in [0.1, 0.15) is 36.9 Å². The zero-order valence-corrected chi connectivity index (χ0v) is 23.0. The van der Waals surface area contributed by atoms with Crippen LogP contribution in [0, 0.1) is 5.92 Å². The fraction of sp³-hybridized carbons (Fsp3) is 0.478. The van der Waals surface area contributed by atoms with E-state index in [1.807, 2.05) is 33.0 Å². The highest BCUT2D eigenvalue weighted by molar-refractivity contribution is 7.32. The molecule has 3 heterocycles. The maximum Gasteiger partial charge on any atom is 0.316 e. The lowest BCUT2D eigenvalue weighted by Gasteiger charge is -2.39. The Morgan fingerprint density at radius 1 is 1.24 bits per heavy atom. The van der Waals surface area contributed by atoms with Crippen molar-refractivity contribution in [2.45, 2.75) is 56.8 Å². The molecule has 1 aliphatic rings. The number of benzene rings is 1. The van der Waals surface area contributed by atoms with Gasteiger partial charge in [0.15, 0.2) is 25.3 Å². The predicted molar refractivity (Wildman–Crippen MR) is 139 cm³/mol. The number of aliphatic hydroxyl groups is 1. The summed E-state index contributed by atoms with van der Waals surface area (Å²) < 4.78 is 24.9. The van der Waals surface area contributed by atoms with Crippen LogP contribution in [-0.4, -0.2) is 67.4 Å². The van der Waals surface area contributed by atoms with E-state index < -0.39 is 52.6 Å². The Morgan fingerprint density at radius 3 is 2.57 bits per heavy atom. The van der Waals surface area contributed by atoms with Gasteiger partial charge in [0.05, 0.1) is 12.9 Å². The summed E-state index contributed by atoms with van der Waals surface area (Å²) in [4.78, 5) is 46.2. The maximum atomic E-state index is 12.7. The molecule has 1 saturated heterocycles. The van der Waals surface area contributed by atoms with Crippen molar-refractivity contribution in [3.05, 3.63) is 48.5 Å². The molecule has 12 nitrogen and oxygen atoms in total. The van der Waals surface area contributed by atoms with E-state index in [9.17, 15) is 24.2 Å². The second kappa shape index (κ2) is 10.7. The molecule has 14 heteroatoms. The topological polar surface area (TPSA) is 169 Å². The fourth-order valence-electron chi connectivity index (χ4n) is 4.45. The van der Waals surface area contributed by atoms with Gasteiger partial charge in [0, 0.05) is 11.5 Å². The molecule has 37 heavy (non-hydrogen) atoms. The van der Waals surface area contributed by atoms with Crippen molar-refractivity contribution >= 4 is 39.5 Å². The van der Waals surface area contributed by atoms with Gasteiger partial charge in [-0.25, -0.2) is 15.0 Å². The van der Waals surface area contributed by atoms with Crippen LogP contribution in [0.25, 0.3) is 11.2 Å². The quantitative estimate of drug-likeness (QED) is 0.230. The van der Waals surface area contributed by atoms with Crippen LogP contribution < -0.4 is 5.32 Å². The molecule has 0 bridgehead atoms. The molecule has 200 valence electrons. The molecule has 1 amide bonds. The van der Waals surface area contributed by atoms with Crippen molar-refractivity contribution in [2.24, 2.45) is 5.92 Å². The zero-order chi connectivity index (χ0) is 27.0. The Labute approximate surface area is 215 Å². The summed E-state index contributed by atoms with van der Waals surface area (Å²) in [6.07, 6.45) is 0.597. The van der Waals surface area contributed by atoms with Crippen LogP contribution in [0.5, 0.6) is 0 Å². The number of hydrogen-bond donors (Lipinski definition) is 4. The molecular weight excluding hydrogens is 517 g/mol. The molecule has 0 aliphatic carbocycles. The Morgan fingerprint density at radius 2 is 1.95 bits per heavy atom. The highest BCUT2D eigenvalue weighted by Gasteiger charge is 2.51. The number of hydrogen-bond acceptors (Lipinski definition) is 9. The lowest BCUT2D eigenvalue weighted by molar-refractivity contribution is -0.0428. The van der Waals surface area contributed by atoms with Crippen LogP contribution >= 0.6 is 8.25 Å². The predicted octanol–water partition coefficient (Wildman–Crippen LogP) is 2.72. The first-order chi connectivity index (χ1) is 17.4. The van der Waals surface area contributed by atoms with Crippen LogP contribution in [0.15, 0.2) is 43.0 Å². The third-order valence-corrected chi connectivity index (χ3v) is 11.2. The van der Waals surface area contributed by atoms with E-state index >= 15 is 0 Å². The summed E-state index contributed by atoms with van der Waals surface area (Å²) in [6.45, 7) is 7.09. The molecule has 2 aromatic heterocycles. The van der Waals surface area contributed by atoms with Crippen molar-refractivity contribution in [1.82, 2.24) is 19.5 Å². The van der Waals surface area contributed by atoms with E-state index in [4.69, 9.17) is 9.26 Å². The Hall–Kier alpha value is -2.51. The first kappa shape index (κ1) is 27.5. The fourth-order valence-corrected chi connectivity index (χ4v) is 5.74. The average molecular weight is 550 g/mol. The van der Waals surface area contributed by atoms with E-state index in [1.54, 1.807) is 28.8 Å². The highest BCUT2D eigenvalue weighted by atomic mass is 31.1. The third kappa shape index (κ3) is 5.67. The van der Waals surface area contributed by atoms with Gasteiger partial charge in [-0.05, 0) is 36.7 Å². The van der Waals surface area contributed by atoms with Crippen molar-refractivity contribution in [2.75, 3.05) is 11.9 Å². The molecule has 1 fully saturated rings. The van der Waals surface area contributed by atoms with E-state index in [1.165, 1.54) is 12.7 Å². The second-order valence-electron chi connectivity index (χ2n) is 10.3. The minimum absolute atomic E-state index is 0.211. The summed E-state index contributed by atoms with van der Waals surface area (Å²) in [5.74, 6) is -0.672. The number of ether oxygens (including phenoxy) is 1. The third-order valence-electron chi connectivity index (χ3n) is 7.19. The number of carbonyl (C=O) groups is 1. The molecule has 4 rings (SSSR count). The Bertz CT molecular complexity index is 1280. The van der Waals surface area contributed by atoms with Gasteiger partial charge < -0.3 is 29.4 Å². The van der Waals surface area contributed by atoms with Gasteiger partial charge in [0.1, 0.15) is 24.8 Å². The molecule has 5 atom stereocenters. The van der Waals surface area contributed by atoms with E-state index in [2.05, 4.69) is 20.3 Å². The molecular formula is C23H32N5O7PSi. The summed E-state index contributed by atoms with van der Waals surface area (Å²) in [5, 5.41) is 12.2. The van der Waals surface area contributed by atoms with Gasteiger partial charge in [0.25, 0.3) is 5.91 Å². The minimum Gasteiger partial charge on any atom is -0.432 e.